The Bertz CT molecular complexity index is 352. The Labute approximate surface area is 106 Å². The van der Waals surface area contributed by atoms with Crippen molar-refractivity contribution in [2.75, 3.05) is 6.61 Å². The predicted octanol–water partition coefficient (Wildman–Crippen LogP) is 3.75. The predicted molar refractivity (Wildman–Crippen MR) is 67.7 cm³/mol. The molecule has 0 heterocycles. The topological polar surface area (TPSA) is 46.5 Å². The first-order valence-electron chi connectivity index (χ1n) is 5.79. The van der Waals surface area contributed by atoms with Crippen LogP contribution in [0.1, 0.15) is 32.1 Å². The number of halogens is 1. The minimum Gasteiger partial charge on any atom is -0.492 e. The van der Waals surface area contributed by atoms with Crippen molar-refractivity contribution in [1.82, 2.24) is 0 Å². The number of carboxylic acids is 1. The quantitative estimate of drug-likeness (QED) is 0.721. The van der Waals surface area contributed by atoms with Gasteiger partial charge in [-0.2, -0.15) is 0 Å². The molecule has 4 heteroatoms. The van der Waals surface area contributed by atoms with Gasteiger partial charge in [0.15, 0.2) is 0 Å². The Morgan fingerprint density at radius 3 is 2.59 bits per heavy atom. The second-order valence-electron chi connectivity index (χ2n) is 3.84. The number of para-hydroxylation sites is 1. The Morgan fingerprint density at radius 2 is 1.88 bits per heavy atom. The van der Waals surface area contributed by atoms with Gasteiger partial charge in [0.1, 0.15) is 5.75 Å². The average molecular weight is 257 g/mol. The van der Waals surface area contributed by atoms with Crippen LogP contribution in [-0.2, 0) is 4.79 Å². The molecule has 1 N–H and O–H groups in total. The molecule has 0 fully saturated rings. The van der Waals surface area contributed by atoms with Crippen LogP contribution in [0.4, 0.5) is 0 Å². The van der Waals surface area contributed by atoms with Crippen molar-refractivity contribution >= 4 is 17.6 Å². The molecule has 0 saturated heterocycles. The van der Waals surface area contributed by atoms with Gasteiger partial charge >= 0.3 is 5.97 Å². The summed E-state index contributed by atoms with van der Waals surface area (Å²) in [6, 6.07) is 7.38. The molecule has 1 aromatic carbocycles. The van der Waals surface area contributed by atoms with Crippen molar-refractivity contribution < 1.29 is 14.6 Å². The lowest BCUT2D eigenvalue weighted by molar-refractivity contribution is -0.137. The van der Waals surface area contributed by atoms with Crippen molar-refractivity contribution in [1.29, 1.82) is 0 Å². The Morgan fingerprint density at radius 1 is 1.18 bits per heavy atom. The maximum Gasteiger partial charge on any atom is 0.303 e. The molecule has 0 aliphatic heterocycles. The number of hydrogen-bond donors (Lipinski definition) is 1. The Kier molecular flexibility index (Phi) is 6.48. The molecule has 0 unspecified atom stereocenters. The molecule has 0 amide bonds. The first-order valence-corrected chi connectivity index (χ1v) is 6.17. The minimum absolute atomic E-state index is 0.255. The van der Waals surface area contributed by atoms with E-state index in [1.807, 2.05) is 18.2 Å². The van der Waals surface area contributed by atoms with Crippen molar-refractivity contribution in [3.8, 4) is 5.75 Å². The molecule has 0 aromatic heterocycles. The van der Waals surface area contributed by atoms with Crippen LogP contribution < -0.4 is 4.74 Å². The number of hydrogen-bond acceptors (Lipinski definition) is 2. The summed E-state index contributed by atoms with van der Waals surface area (Å²) in [5, 5.41) is 9.08. The van der Waals surface area contributed by atoms with E-state index in [1.54, 1.807) is 6.07 Å². The number of benzene rings is 1. The number of ether oxygens (including phenoxy) is 1. The maximum atomic E-state index is 10.3. The summed E-state index contributed by atoms with van der Waals surface area (Å²) in [6.45, 7) is 0.622. The average Bonchev–Trinajstić information content (AvgIpc) is 2.30. The van der Waals surface area contributed by atoms with Crippen molar-refractivity contribution in [3.63, 3.8) is 0 Å². The fraction of sp³-hybridized carbons (Fsp3) is 0.462. The second kappa shape index (κ2) is 7.96. The molecule has 0 aliphatic carbocycles. The maximum absolute atomic E-state index is 10.3. The highest BCUT2D eigenvalue weighted by Gasteiger charge is 1.99. The zero-order valence-electron chi connectivity index (χ0n) is 9.69. The van der Waals surface area contributed by atoms with Crippen LogP contribution in [0, 0.1) is 0 Å². The first-order chi connectivity index (χ1) is 8.20. The summed E-state index contributed by atoms with van der Waals surface area (Å²) in [6.07, 6.45) is 3.83. The van der Waals surface area contributed by atoms with E-state index in [1.165, 1.54) is 0 Å². The molecule has 94 valence electrons. The van der Waals surface area contributed by atoms with E-state index in [2.05, 4.69) is 0 Å². The number of aliphatic carboxylic acids is 1. The summed E-state index contributed by atoms with van der Waals surface area (Å²) >= 11 is 5.93. The molecule has 0 saturated carbocycles. The Hall–Kier alpha value is -1.22. The molecular weight excluding hydrogens is 240 g/mol. The molecule has 0 radical (unpaired) electrons. The molecule has 1 aromatic rings. The molecule has 0 spiro atoms. The molecule has 17 heavy (non-hydrogen) atoms. The summed E-state index contributed by atoms with van der Waals surface area (Å²) in [5.41, 5.74) is 0. The molecule has 0 aliphatic rings. The van der Waals surface area contributed by atoms with Gasteiger partial charge in [-0.3, -0.25) is 4.79 Å². The fourth-order valence-corrected chi connectivity index (χ4v) is 1.67. The van der Waals surface area contributed by atoms with Crippen molar-refractivity contribution in [2.45, 2.75) is 32.1 Å². The van der Waals surface area contributed by atoms with Gasteiger partial charge in [-0.15, -0.1) is 0 Å². The first kappa shape index (κ1) is 13.8. The number of unbranched alkanes of at least 4 members (excludes halogenated alkanes) is 3. The summed E-state index contributed by atoms with van der Waals surface area (Å²) in [7, 11) is 0. The lowest BCUT2D eigenvalue weighted by Gasteiger charge is -2.07. The third-order valence-corrected chi connectivity index (χ3v) is 2.69. The Balaban J connectivity index is 2.05. The van der Waals surface area contributed by atoms with E-state index in [0.29, 0.717) is 17.4 Å². The van der Waals surface area contributed by atoms with Crippen LogP contribution in [0.15, 0.2) is 24.3 Å². The van der Waals surface area contributed by atoms with E-state index < -0.39 is 5.97 Å². The normalized spacial score (nSPS) is 10.2. The van der Waals surface area contributed by atoms with Gasteiger partial charge in [-0.05, 0) is 25.0 Å². The van der Waals surface area contributed by atoms with Crippen LogP contribution in [0.25, 0.3) is 0 Å². The van der Waals surface area contributed by atoms with E-state index in [9.17, 15) is 4.79 Å². The lowest BCUT2D eigenvalue weighted by atomic mass is 10.1. The third kappa shape index (κ3) is 6.17. The summed E-state index contributed by atoms with van der Waals surface area (Å²) < 4.78 is 5.52. The van der Waals surface area contributed by atoms with Gasteiger partial charge in [0.05, 0.1) is 11.6 Å². The van der Waals surface area contributed by atoms with E-state index >= 15 is 0 Å². The molecule has 0 bridgehead atoms. The second-order valence-corrected chi connectivity index (χ2v) is 4.24. The minimum atomic E-state index is -0.725. The lowest BCUT2D eigenvalue weighted by Crippen LogP contribution is -1.98. The highest BCUT2D eigenvalue weighted by Crippen LogP contribution is 2.23. The number of carboxylic acid groups (broad SMARTS) is 1. The van der Waals surface area contributed by atoms with Crippen molar-refractivity contribution in [3.05, 3.63) is 29.3 Å². The summed E-state index contributed by atoms with van der Waals surface area (Å²) in [4.78, 5) is 10.3. The van der Waals surface area contributed by atoms with Gasteiger partial charge < -0.3 is 9.84 Å². The molecular formula is C13H17ClO3. The van der Waals surface area contributed by atoms with E-state index in [0.717, 1.165) is 25.7 Å². The van der Waals surface area contributed by atoms with Crippen LogP contribution in [0.5, 0.6) is 5.75 Å². The fourth-order valence-electron chi connectivity index (χ4n) is 1.48. The van der Waals surface area contributed by atoms with Gasteiger partial charge in [-0.1, -0.05) is 36.6 Å². The summed E-state index contributed by atoms with van der Waals surface area (Å²) in [5.74, 6) is -0.0166. The van der Waals surface area contributed by atoms with Gasteiger partial charge in [0.2, 0.25) is 0 Å². The highest BCUT2D eigenvalue weighted by atomic mass is 35.5. The van der Waals surface area contributed by atoms with Crippen LogP contribution in [0.3, 0.4) is 0 Å². The van der Waals surface area contributed by atoms with Crippen LogP contribution >= 0.6 is 11.6 Å². The molecule has 1 rings (SSSR count). The van der Waals surface area contributed by atoms with Crippen molar-refractivity contribution in [2.24, 2.45) is 0 Å². The van der Waals surface area contributed by atoms with Gasteiger partial charge in [0, 0.05) is 6.42 Å². The third-order valence-electron chi connectivity index (χ3n) is 2.38. The smallest absolute Gasteiger partial charge is 0.303 e. The number of rotatable bonds is 8. The molecule has 0 atom stereocenters. The number of carbonyl (C=O) groups is 1. The largest absolute Gasteiger partial charge is 0.492 e. The van der Waals surface area contributed by atoms with Crippen LogP contribution in [0.2, 0.25) is 5.02 Å². The highest BCUT2D eigenvalue weighted by molar-refractivity contribution is 6.32. The van der Waals surface area contributed by atoms with E-state index in [4.69, 9.17) is 21.4 Å². The zero-order chi connectivity index (χ0) is 12.5. The molecule has 3 nitrogen and oxygen atoms in total. The monoisotopic (exact) mass is 256 g/mol. The van der Waals surface area contributed by atoms with Gasteiger partial charge in [0.25, 0.3) is 0 Å². The van der Waals surface area contributed by atoms with E-state index in [-0.39, 0.29) is 6.42 Å². The SMILES string of the molecule is O=C(O)CCCCCCOc1ccccc1Cl. The zero-order valence-corrected chi connectivity index (χ0v) is 10.4. The van der Waals surface area contributed by atoms with Gasteiger partial charge in [-0.25, -0.2) is 0 Å². The van der Waals surface area contributed by atoms with Crippen LogP contribution in [-0.4, -0.2) is 17.7 Å². The standard InChI is InChI=1S/C13H17ClO3/c14-11-7-4-5-8-12(11)17-10-6-2-1-3-9-13(15)16/h4-5,7-8H,1-3,6,9-10H2,(H,15,16).